The fraction of sp³-hybridized carbons (Fsp3) is 0.519. The minimum atomic E-state index is -0.299. The molecule has 1 aromatic heterocycles. The molecular weight excluding hydrogens is 460 g/mol. The van der Waals surface area contributed by atoms with Crippen molar-refractivity contribution in [2.75, 3.05) is 46.4 Å². The summed E-state index contributed by atoms with van der Waals surface area (Å²) in [7, 11) is 1.57. The number of pyridine rings is 1. The van der Waals surface area contributed by atoms with Gasteiger partial charge in [-0.2, -0.15) is 0 Å². The number of carbonyl (C=O) groups excluding carboxylic acids is 2. The maximum absolute atomic E-state index is 13.3. The van der Waals surface area contributed by atoms with Gasteiger partial charge in [-0.25, -0.2) is 0 Å². The molecule has 9 heteroatoms. The van der Waals surface area contributed by atoms with Crippen molar-refractivity contribution in [3.05, 3.63) is 53.9 Å². The zero-order valence-corrected chi connectivity index (χ0v) is 20.7. The number of nitrogens with one attached hydrogen (secondary N) is 1. The second kappa shape index (κ2) is 11.4. The third kappa shape index (κ3) is 6.03. The lowest BCUT2D eigenvalue weighted by Crippen LogP contribution is -2.49. The number of amides is 2. The number of aromatic nitrogens is 1. The summed E-state index contributed by atoms with van der Waals surface area (Å²) in [4.78, 5) is 34.5. The Hall–Kier alpha value is -3.01. The van der Waals surface area contributed by atoms with E-state index in [9.17, 15) is 9.59 Å². The summed E-state index contributed by atoms with van der Waals surface area (Å²) in [5.74, 6) is 1.32. The normalized spacial score (nSPS) is 23.5. The maximum Gasteiger partial charge on any atom is 0.256 e. The molecule has 1 N–H and O–H groups in total. The van der Waals surface area contributed by atoms with Crippen molar-refractivity contribution in [2.45, 2.75) is 38.0 Å². The number of carbonyl (C=O) groups is 2. The van der Waals surface area contributed by atoms with Gasteiger partial charge in [0.25, 0.3) is 5.91 Å². The van der Waals surface area contributed by atoms with Crippen LogP contribution in [0.1, 0.15) is 35.2 Å². The first-order chi connectivity index (χ1) is 17.6. The Morgan fingerprint density at radius 3 is 2.83 bits per heavy atom. The smallest absolute Gasteiger partial charge is 0.256 e. The molecule has 36 heavy (non-hydrogen) atoms. The van der Waals surface area contributed by atoms with Gasteiger partial charge in [0.05, 0.1) is 43.7 Å². The lowest BCUT2D eigenvalue weighted by Gasteiger charge is -2.30. The minimum absolute atomic E-state index is 0.0713. The number of benzene rings is 1. The average Bonchev–Trinajstić information content (AvgIpc) is 3.23. The van der Waals surface area contributed by atoms with Gasteiger partial charge >= 0.3 is 0 Å². The number of nitrogens with zero attached hydrogens (tertiary/aromatic N) is 3. The molecule has 2 aromatic rings. The Kier molecular flexibility index (Phi) is 7.79. The van der Waals surface area contributed by atoms with Crippen molar-refractivity contribution >= 4 is 11.8 Å². The minimum Gasteiger partial charge on any atom is -0.456 e. The van der Waals surface area contributed by atoms with Crippen LogP contribution < -0.4 is 10.1 Å². The van der Waals surface area contributed by atoms with Crippen molar-refractivity contribution in [2.24, 2.45) is 5.92 Å². The topological polar surface area (TPSA) is 93.2 Å². The highest BCUT2D eigenvalue weighted by Crippen LogP contribution is 2.29. The van der Waals surface area contributed by atoms with E-state index < -0.39 is 0 Å². The number of likely N-dealkylation sites (tertiary alicyclic amines) is 1. The van der Waals surface area contributed by atoms with Gasteiger partial charge in [0.15, 0.2) is 0 Å². The van der Waals surface area contributed by atoms with Crippen LogP contribution in [0.4, 0.5) is 0 Å². The van der Waals surface area contributed by atoms with Gasteiger partial charge in [0, 0.05) is 39.5 Å². The molecule has 9 nitrogen and oxygen atoms in total. The highest BCUT2D eigenvalue weighted by atomic mass is 16.5. The molecule has 1 saturated heterocycles. The van der Waals surface area contributed by atoms with E-state index in [4.69, 9.17) is 14.2 Å². The van der Waals surface area contributed by atoms with Gasteiger partial charge in [-0.05, 0) is 42.5 Å². The van der Waals surface area contributed by atoms with E-state index in [2.05, 4.69) is 15.2 Å². The van der Waals surface area contributed by atoms with Crippen LogP contribution in [0.2, 0.25) is 0 Å². The Labute approximate surface area is 211 Å². The second-order valence-corrected chi connectivity index (χ2v) is 9.92. The maximum atomic E-state index is 13.3. The van der Waals surface area contributed by atoms with Crippen molar-refractivity contribution in [1.82, 2.24) is 20.1 Å². The van der Waals surface area contributed by atoms with Crippen LogP contribution in [-0.4, -0.2) is 85.2 Å². The molecule has 0 spiro atoms. The molecule has 5 rings (SSSR count). The van der Waals surface area contributed by atoms with Gasteiger partial charge < -0.3 is 24.4 Å². The van der Waals surface area contributed by atoms with Crippen LogP contribution >= 0.6 is 0 Å². The van der Waals surface area contributed by atoms with Crippen LogP contribution in [0.15, 0.2) is 42.7 Å². The van der Waals surface area contributed by atoms with Crippen molar-refractivity contribution < 1.29 is 23.8 Å². The first kappa shape index (κ1) is 24.7. The first-order valence-corrected chi connectivity index (χ1v) is 12.7. The molecule has 2 fully saturated rings. The van der Waals surface area contributed by atoms with Crippen LogP contribution in [0.25, 0.3) is 0 Å². The van der Waals surface area contributed by atoms with Gasteiger partial charge in [-0.1, -0.05) is 18.6 Å². The van der Waals surface area contributed by atoms with E-state index in [0.717, 1.165) is 31.1 Å². The molecular formula is C27H34N4O5. The molecule has 0 unspecified atom stereocenters. The summed E-state index contributed by atoms with van der Waals surface area (Å²) in [6, 6.07) is 9.21. The molecule has 4 bridgehead atoms. The number of hydrogen-bond acceptors (Lipinski definition) is 7. The Bertz CT molecular complexity index is 1080. The molecule has 2 aliphatic heterocycles. The Balaban J connectivity index is 1.41. The van der Waals surface area contributed by atoms with E-state index >= 15 is 0 Å². The summed E-state index contributed by atoms with van der Waals surface area (Å²) < 4.78 is 17.6. The second-order valence-electron chi connectivity index (χ2n) is 9.92. The summed E-state index contributed by atoms with van der Waals surface area (Å²) in [6.07, 6.45) is 6.78. The number of fused-ring (bicyclic) bond motifs is 5. The van der Waals surface area contributed by atoms with E-state index in [1.54, 1.807) is 19.4 Å². The highest BCUT2D eigenvalue weighted by Gasteiger charge is 2.36. The quantitative estimate of drug-likeness (QED) is 0.683. The fourth-order valence-electron chi connectivity index (χ4n) is 5.04. The van der Waals surface area contributed by atoms with Crippen LogP contribution in [-0.2, 0) is 20.9 Å². The van der Waals surface area contributed by atoms with Crippen molar-refractivity contribution in [3.63, 3.8) is 0 Å². The predicted octanol–water partition coefficient (Wildman–Crippen LogP) is 2.46. The van der Waals surface area contributed by atoms with Crippen LogP contribution in [0.3, 0.4) is 0 Å². The highest BCUT2D eigenvalue weighted by molar-refractivity contribution is 5.96. The molecule has 0 radical (unpaired) electrons. The zero-order valence-electron chi connectivity index (χ0n) is 20.7. The number of ether oxygens (including phenoxy) is 3. The third-order valence-electron chi connectivity index (χ3n) is 7.17. The predicted molar refractivity (Wildman–Crippen MR) is 133 cm³/mol. The monoisotopic (exact) mass is 494 g/mol. The van der Waals surface area contributed by atoms with Gasteiger partial charge in [0.2, 0.25) is 5.91 Å². The van der Waals surface area contributed by atoms with Crippen LogP contribution in [0, 0.1) is 5.92 Å². The molecule has 192 valence electrons. The Morgan fingerprint density at radius 2 is 2.03 bits per heavy atom. The van der Waals surface area contributed by atoms with E-state index in [1.807, 2.05) is 24.3 Å². The van der Waals surface area contributed by atoms with E-state index in [-0.39, 0.29) is 37.0 Å². The van der Waals surface area contributed by atoms with Crippen LogP contribution in [0.5, 0.6) is 11.5 Å². The molecule has 1 aromatic carbocycles. The Morgan fingerprint density at radius 1 is 1.14 bits per heavy atom. The molecule has 1 aliphatic carbocycles. The molecule has 2 amide bonds. The lowest BCUT2D eigenvalue weighted by atomic mass is 9.85. The summed E-state index contributed by atoms with van der Waals surface area (Å²) in [5, 5.41) is 3.16. The fourth-order valence-corrected chi connectivity index (χ4v) is 5.04. The first-order valence-electron chi connectivity index (χ1n) is 12.7. The number of rotatable bonds is 5. The third-order valence-corrected chi connectivity index (χ3v) is 7.17. The van der Waals surface area contributed by atoms with Crippen molar-refractivity contribution in [3.8, 4) is 11.5 Å². The van der Waals surface area contributed by atoms with E-state index in [1.165, 1.54) is 30.4 Å². The average molecular weight is 495 g/mol. The van der Waals surface area contributed by atoms with E-state index in [0.29, 0.717) is 30.3 Å². The lowest BCUT2D eigenvalue weighted by molar-refractivity contribution is -0.123. The SMILES string of the molecule is COCCN1CC(=O)N[C@H]2CN(CC3CCC3)C[C@@H]2OCc2cccc(c2)Oc2cncc(c2)C1=O. The summed E-state index contributed by atoms with van der Waals surface area (Å²) in [5.41, 5.74) is 1.33. The summed E-state index contributed by atoms with van der Waals surface area (Å²) in [6.45, 7) is 3.51. The largest absolute Gasteiger partial charge is 0.456 e. The molecule has 3 aliphatic rings. The van der Waals surface area contributed by atoms with Gasteiger partial charge in [-0.3, -0.25) is 19.5 Å². The summed E-state index contributed by atoms with van der Waals surface area (Å²) >= 11 is 0. The standard InChI is InChI=1S/C27H34N4O5/c1-34-9-8-31-17-26(32)29-24-15-30(14-19-4-2-5-19)16-25(24)35-18-20-6-3-7-22(10-20)36-23-11-21(27(31)33)12-28-13-23/h3,6-7,10-13,19,24-25H,2,4-5,8-9,14-18H2,1H3,(H,29,32)/t24-,25-/m0/s1. The van der Waals surface area contributed by atoms with Crippen molar-refractivity contribution in [1.29, 1.82) is 0 Å². The molecule has 2 atom stereocenters. The molecule has 3 heterocycles. The van der Waals surface area contributed by atoms with Gasteiger partial charge in [0.1, 0.15) is 11.5 Å². The van der Waals surface area contributed by atoms with Gasteiger partial charge in [-0.15, -0.1) is 0 Å². The number of hydrogen-bond donors (Lipinski definition) is 1. The molecule has 1 saturated carbocycles. The zero-order chi connectivity index (χ0) is 24.9. The number of methoxy groups -OCH3 is 1.